The molecule has 0 spiro atoms. The van der Waals surface area contributed by atoms with Crippen LogP contribution in [0.1, 0.15) is 27.2 Å². The number of aromatic nitrogens is 1. The Morgan fingerprint density at radius 2 is 1.89 bits per heavy atom. The van der Waals surface area contributed by atoms with Crippen molar-refractivity contribution in [3.8, 4) is 17.0 Å². The van der Waals surface area contributed by atoms with Gasteiger partial charge in [0.25, 0.3) is 0 Å². The second kappa shape index (κ2) is 9.86. The monoisotopic (exact) mass is 589 g/mol. The zero-order valence-electron chi connectivity index (χ0n) is 19.5. The summed E-state index contributed by atoms with van der Waals surface area (Å²) in [5.74, 6) is -0.0906. The summed E-state index contributed by atoms with van der Waals surface area (Å²) in [4.78, 5) is 32.6. The largest absolute Gasteiger partial charge is 0.490 e. The Kier molecular flexibility index (Phi) is 7.32. The number of carbonyl (C=O) groups excluding carboxylic acids is 2. The Hall–Kier alpha value is -2.32. The lowest BCUT2D eigenvalue weighted by Crippen LogP contribution is -2.48. The summed E-state index contributed by atoms with van der Waals surface area (Å²) in [6, 6.07) is 2.48. The number of amidine groups is 1. The number of hydrogen-bond donors (Lipinski definition) is 1. The molecule has 0 atom stereocenters. The van der Waals surface area contributed by atoms with Gasteiger partial charge in [0, 0.05) is 23.4 Å². The minimum Gasteiger partial charge on any atom is -0.490 e. The molecular weight excluding hydrogens is 569 g/mol. The van der Waals surface area contributed by atoms with Crippen LogP contribution in [0.5, 0.6) is 5.75 Å². The fourth-order valence-electron chi connectivity index (χ4n) is 3.07. The van der Waals surface area contributed by atoms with Gasteiger partial charge >= 0.3 is 16.2 Å². The van der Waals surface area contributed by atoms with Crippen LogP contribution in [0.15, 0.2) is 33.6 Å². The highest BCUT2D eigenvalue weighted by Gasteiger charge is 2.43. The topological polar surface area (TPSA) is 121 Å². The van der Waals surface area contributed by atoms with E-state index in [2.05, 4.69) is 15.3 Å². The summed E-state index contributed by atoms with van der Waals surface area (Å²) in [6.45, 7) is 6.54. The van der Waals surface area contributed by atoms with Gasteiger partial charge in [0.15, 0.2) is 16.0 Å². The number of anilines is 1. The quantitative estimate of drug-likeness (QED) is 0.477. The Morgan fingerprint density at radius 1 is 1.22 bits per heavy atom. The molecule has 192 valence electrons. The molecule has 1 N–H and O–H groups in total. The van der Waals surface area contributed by atoms with Crippen LogP contribution >= 0.6 is 46.3 Å². The van der Waals surface area contributed by atoms with Gasteiger partial charge < -0.3 is 10.1 Å². The van der Waals surface area contributed by atoms with Crippen LogP contribution in [-0.4, -0.2) is 52.8 Å². The van der Waals surface area contributed by atoms with E-state index < -0.39 is 22.1 Å². The van der Waals surface area contributed by atoms with Gasteiger partial charge in [-0.25, -0.2) is 18.4 Å². The van der Waals surface area contributed by atoms with E-state index in [0.717, 1.165) is 23.1 Å². The Morgan fingerprint density at radius 3 is 2.53 bits per heavy atom. The predicted molar refractivity (Wildman–Crippen MR) is 143 cm³/mol. The molecule has 1 aromatic carbocycles. The smallest absolute Gasteiger partial charge is 0.360 e. The molecular formula is C21H21Cl2N5O5S3. The van der Waals surface area contributed by atoms with Crippen LogP contribution in [0, 0.1) is 5.41 Å². The first-order chi connectivity index (χ1) is 16.8. The Balaban J connectivity index is 1.45. The van der Waals surface area contributed by atoms with E-state index in [1.54, 1.807) is 17.5 Å². The standard InChI is InChI=1S/C21H21Cl2N5O5S3/c1-21(2,3)10-33-17-13(22)5-11(6-14(17)23)15-9-34-18(24-15)25-16(29)7-12-8-35-20-26-19(30)27(4)36(31,32)28(12)20/h5-6,8-9H,7,10H2,1-4H3,(H,24,25,29). The number of nitrogens with one attached hydrogen (secondary N) is 1. The molecule has 0 bridgehead atoms. The average Bonchev–Trinajstić information content (AvgIpc) is 3.38. The first-order valence-corrected chi connectivity index (χ1v) is 14.3. The molecule has 0 saturated heterocycles. The van der Waals surface area contributed by atoms with E-state index in [4.69, 9.17) is 27.9 Å². The van der Waals surface area contributed by atoms with Crippen molar-refractivity contribution in [3.05, 3.63) is 38.7 Å². The summed E-state index contributed by atoms with van der Waals surface area (Å²) >= 11 is 14.9. The van der Waals surface area contributed by atoms with E-state index in [1.807, 2.05) is 20.8 Å². The minimum atomic E-state index is -4.14. The van der Waals surface area contributed by atoms with Gasteiger partial charge in [0.1, 0.15) is 0 Å². The predicted octanol–water partition coefficient (Wildman–Crippen LogP) is 5.43. The van der Waals surface area contributed by atoms with Crippen molar-refractivity contribution in [1.29, 1.82) is 0 Å². The van der Waals surface area contributed by atoms with Gasteiger partial charge in [-0.1, -0.05) is 55.7 Å². The normalized spacial score (nSPS) is 17.0. The van der Waals surface area contributed by atoms with Crippen LogP contribution < -0.4 is 10.1 Å². The number of ether oxygens (including phenoxy) is 1. The second-order valence-corrected chi connectivity index (χ2v) is 13.3. The summed E-state index contributed by atoms with van der Waals surface area (Å²) in [7, 11) is -3.03. The number of hydrogen-bond acceptors (Lipinski definition) is 8. The van der Waals surface area contributed by atoms with E-state index in [-0.39, 0.29) is 22.7 Å². The lowest BCUT2D eigenvalue weighted by atomic mass is 9.99. The molecule has 3 heterocycles. The number of nitrogens with zero attached hydrogens (tertiary/aromatic N) is 4. The van der Waals surface area contributed by atoms with E-state index >= 15 is 0 Å². The molecule has 3 amide bonds. The van der Waals surface area contributed by atoms with Crippen molar-refractivity contribution in [2.45, 2.75) is 27.2 Å². The molecule has 2 aromatic rings. The minimum absolute atomic E-state index is 0.0129. The Labute approximate surface area is 226 Å². The number of thiazole rings is 1. The Bertz CT molecular complexity index is 1390. The van der Waals surface area contributed by atoms with Gasteiger partial charge in [-0.2, -0.15) is 13.4 Å². The maximum atomic E-state index is 12.7. The fourth-order valence-corrected chi connectivity index (χ4v) is 6.79. The highest BCUT2D eigenvalue weighted by molar-refractivity contribution is 8.17. The number of halogens is 2. The van der Waals surface area contributed by atoms with Crippen LogP contribution in [-0.2, 0) is 15.0 Å². The van der Waals surface area contributed by atoms with Crippen LogP contribution in [0.4, 0.5) is 9.93 Å². The number of carbonyl (C=O) groups is 2. The third kappa shape index (κ3) is 5.49. The van der Waals surface area contributed by atoms with Gasteiger partial charge in [-0.05, 0) is 17.5 Å². The van der Waals surface area contributed by atoms with Gasteiger partial charge in [0.05, 0.1) is 34.5 Å². The van der Waals surface area contributed by atoms with Crippen LogP contribution in [0.2, 0.25) is 10.0 Å². The number of fused-ring (bicyclic) bond motifs is 1. The van der Waals surface area contributed by atoms with Crippen molar-refractivity contribution >= 4 is 78.7 Å². The van der Waals surface area contributed by atoms with E-state index in [1.165, 1.54) is 16.7 Å². The third-order valence-corrected chi connectivity index (χ3v) is 8.83. The lowest BCUT2D eigenvalue weighted by Gasteiger charge is -2.29. The summed E-state index contributed by atoms with van der Waals surface area (Å²) in [5, 5.41) is 6.86. The average molecular weight is 591 g/mol. The molecule has 0 radical (unpaired) electrons. The first kappa shape index (κ1) is 26.7. The molecule has 15 heteroatoms. The number of aliphatic imine (C=N–C) groups is 1. The molecule has 0 aliphatic carbocycles. The van der Waals surface area contributed by atoms with Gasteiger partial charge in [-0.15, -0.1) is 11.3 Å². The number of amides is 3. The summed E-state index contributed by atoms with van der Waals surface area (Å²) < 4.78 is 32.4. The number of thioether (sulfide) groups is 1. The maximum Gasteiger partial charge on any atom is 0.360 e. The number of rotatable bonds is 6. The number of benzene rings is 1. The molecule has 10 nitrogen and oxygen atoms in total. The van der Waals surface area contributed by atoms with Crippen molar-refractivity contribution in [2.75, 3.05) is 19.0 Å². The molecule has 0 saturated carbocycles. The van der Waals surface area contributed by atoms with Crippen LogP contribution in [0.25, 0.3) is 11.3 Å². The summed E-state index contributed by atoms with van der Waals surface area (Å²) in [5.41, 5.74) is 1.30. The second-order valence-electron chi connectivity index (χ2n) is 9.02. The first-order valence-electron chi connectivity index (χ1n) is 10.4. The molecule has 1 aromatic heterocycles. The SMILES string of the molecule is CN1C(=O)N=C2SC=C(CC(=O)Nc3nc(-c4cc(Cl)c(OCC(C)(C)C)c(Cl)c4)cs3)N2S1(=O)=O. The highest BCUT2D eigenvalue weighted by atomic mass is 35.5. The molecule has 0 unspecified atom stereocenters. The van der Waals surface area contributed by atoms with Crippen molar-refractivity contribution in [1.82, 2.24) is 13.6 Å². The zero-order valence-corrected chi connectivity index (χ0v) is 23.5. The zero-order chi connectivity index (χ0) is 26.4. The van der Waals surface area contributed by atoms with Gasteiger partial charge in [-0.3, -0.25) is 4.79 Å². The molecule has 2 aliphatic rings. The van der Waals surface area contributed by atoms with E-state index in [0.29, 0.717) is 43.1 Å². The molecule has 0 fully saturated rings. The highest BCUT2D eigenvalue weighted by Crippen LogP contribution is 2.39. The molecule has 4 rings (SSSR count). The summed E-state index contributed by atoms with van der Waals surface area (Å²) in [6.07, 6.45) is -0.264. The third-order valence-electron chi connectivity index (χ3n) is 4.81. The van der Waals surface area contributed by atoms with Crippen molar-refractivity contribution in [3.63, 3.8) is 0 Å². The van der Waals surface area contributed by atoms with Crippen molar-refractivity contribution in [2.24, 2.45) is 10.4 Å². The maximum absolute atomic E-state index is 12.7. The molecule has 36 heavy (non-hydrogen) atoms. The lowest BCUT2D eigenvalue weighted by molar-refractivity contribution is -0.115. The fraction of sp³-hybridized carbons (Fsp3) is 0.333. The van der Waals surface area contributed by atoms with Gasteiger partial charge in [0.2, 0.25) is 5.91 Å². The van der Waals surface area contributed by atoms with Crippen LogP contribution in [0.3, 0.4) is 0 Å². The molecule has 2 aliphatic heterocycles. The van der Waals surface area contributed by atoms with Crippen molar-refractivity contribution < 1.29 is 22.7 Å². The van der Waals surface area contributed by atoms with E-state index in [9.17, 15) is 18.0 Å². The number of urea groups is 1.